The molecule has 1 nitrogen and oxygen atoms in total. The van der Waals surface area contributed by atoms with Crippen LogP contribution in [0.2, 0.25) is 0 Å². The smallest absolute Gasteiger partial charge is 0.0511 e. The van der Waals surface area contributed by atoms with Gasteiger partial charge in [0.15, 0.2) is 0 Å². The zero-order valence-electron chi connectivity index (χ0n) is 15.6. The first kappa shape index (κ1) is 18.1. The quantitative estimate of drug-likeness (QED) is 0.639. The van der Waals surface area contributed by atoms with Crippen molar-refractivity contribution in [1.29, 1.82) is 0 Å². The Morgan fingerprint density at radius 1 is 1.04 bits per heavy atom. The van der Waals surface area contributed by atoms with E-state index in [0.717, 1.165) is 17.7 Å². The molecule has 0 heterocycles. The van der Waals surface area contributed by atoms with E-state index in [9.17, 15) is 0 Å². The predicted octanol–water partition coefficient (Wildman–Crippen LogP) is 6.52. The maximum Gasteiger partial charge on any atom is 0.0511 e. The lowest BCUT2D eigenvalue weighted by atomic mass is 9.95. The van der Waals surface area contributed by atoms with Crippen molar-refractivity contribution >= 4 is 11.3 Å². The van der Waals surface area contributed by atoms with Crippen LogP contribution < -0.4 is 5.32 Å². The van der Waals surface area contributed by atoms with Crippen molar-refractivity contribution < 1.29 is 0 Å². The molecule has 2 aromatic carbocycles. The summed E-state index contributed by atoms with van der Waals surface area (Å²) < 4.78 is 0. The average Bonchev–Trinajstić information content (AvgIpc) is 2.59. The van der Waals surface area contributed by atoms with E-state index in [2.05, 4.69) is 95.0 Å². The van der Waals surface area contributed by atoms with E-state index in [1.165, 1.54) is 27.8 Å². The Kier molecular flexibility index (Phi) is 6.03. The highest BCUT2D eigenvalue weighted by Crippen LogP contribution is 2.26. The lowest BCUT2D eigenvalue weighted by molar-refractivity contribution is 0.614. The average molecular weight is 319 g/mol. The van der Waals surface area contributed by atoms with Gasteiger partial charge in [-0.2, -0.15) is 0 Å². The zero-order valence-corrected chi connectivity index (χ0v) is 15.6. The van der Waals surface area contributed by atoms with E-state index in [1.54, 1.807) is 0 Å². The minimum atomic E-state index is 0.285. The molecule has 1 unspecified atom stereocenters. The minimum absolute atomic E-state index is 0.285. The fourth-order valence-electron chi connectivity index (χ4n) is 2.88. The van der Waals surface area contributed by atoms with E-state index in [-0.39, 0.29) is 6.04 Å². The molecule has 24 heavy (non-hydrogen) atoms. The number of hydrogen-bond donors (Lipinski definition) is 1. The minimum Gasteiger partial charge on any atom is -0.378 e. The van der Waals surface area contributed by atoms with Crippen LogP contribution in [0.3, 0.4) is 0 Å². The van der Waals surface area contributed by atoms with Crippen LogP contribution in [0.15, 0.2) is 60.7 Å². The van der Waals surface area contributed by atoms with Gasteiger partial charge in [0.2, 0.25) is 0 Å². The predicted molar refractivity (Wildman–Crippen MR) is 107 cm³/mol. The third-order valence-corrected chi connectivity index (χ3v) is 4.70. The van der Waals surface area contributed by atoms with Crippen molar-refractivity contribution in [2.45, 2.75) is 47.1 Å². The summed E-state index contributed by atoms with van der Waals surface area (Å²) in [4.78, 5) is 0. The summed E-state index contributed by atoms with van der Waals surface area (Å²) in [5, 5.41) is 3.60. The van der Waals surface area contributed by atoms with E-state index in [4.69, 9.17) is 0 Å². The van der Waals surface area contributed by atoms with Gasteiger partial charge >= 0.3 is 0 Å². The van der Waals surface area contributed by atoms with Crippen molar-refractivity contribution in [1.82, 2.24) is 5.32 Å². The summed E-state index contributed by atoms with van der Waals surface area (Å²) in [5.74, 6) is 0. The molecule has 126 valence electrons. The van der Waals surface area contributed by atoms with Crippen LogP contribution in [-0.2, 0) is 0 Å². The molecule has 1 atom stereocenters. The number of allylic oxidation sites excluding steroid dienone is 2. The zero-order chi connectivity index (χ0) is 17.7. The second-order valence-corrected chi connectivity index (χ2v) is 6.65. The molecule has 1 heteroatoms. The Hall–Kier alpha value is -2.28. The molecular weight excluding hydrogens is 290 g/mol. The first-order valence-corrected chi connectivity index (χ1v) is 8.69. The van der Waals surface area contributed by atoms with Gasteiger partial charge < -0.3 is 5.32 Å². The Balaban J connectivity index is 2.27. The first-order valence-electron chi connectivity index (χ1n) is 8.69. The van der Waals surface area contributed by atoms with Crippen molar-refractivity contribution in [2.24, 2.45) is 0 Å². The van der Waals surface area contributed by atoms with Gasteiger partial charge in [0.1, 0.15) is 0 Å². The van der Waals surface area contributed by atoms with E-state index in [0.29, 0.717) is 0 Å². The van der Waals surface area contributed by atoms with Crippen molar-refractivity contribution in [3.63, 3.8) is 0 Å². The van der Waals surface area contributed by atoms with Crippen LogP contribution in [-0.4, -0.2) is 0 Å². The Labute approximate surface area is 147 Å². The van der Waals surface area contributed by atoms with Gasteiger partial charge in [-0.05, 0) is 68.0 Å². The highest BCUT2D eigenvalue weighted by atomic mass is 14.9. The number of rotatable bonds is 6. The normalized spacial score (nSPS) is 11.7. The molecule has 0 bridgehead atoms. The molecular formula is C23H29N. The fraction of sp³-hybridized carbons (Fsp3) is 0.304. The van der Waals surface area contributed by atoms with E-state index in [1.807, 2.05) is 0 Å². The van der Waals surface area contributed by atoms with E-state index >= 15 is 0 Å². The van der Waals surface area contributed by atoms with Crippen LogP contribution in [0.1, 0.15) is 62.4 Å². The summed E-state index contributed by atoms with van der Waals surface area (Å²) in [7, 11) is 0. The lowest BCUT2D eigenvalue weighted by Crippen LogP contribution is -2.18. The summed E-state index contributed by atoms with van der Waals surface area (Å²) in [6.45, 7) is 15.2. The van der Waals surface area contributed by atoms with Crippen LogP contribution in [0.25, 0.3) is 11.3 Å². The molecule has 0 aliphatic heterocycles. The SMILES string of the molecule is C=C(NC(CC)c1ccccc1)c1ccc(C)c(C(C)=C(C)C)c1. The summed E-state index contributed by atoms with van der Waals surface area (Å²) in [5.41, 5.74) is 8.75. The van der Waals surface area contributed by atoms with Crippen LogP contribution in [0.5, 0.6) is 0 Å². The monoisotopic (exact) mass is 319 g/mol. The molecule has 0 radical (unpaired) electrons. The molecule has 0 saturated carbocycles. The maximum absolute atomic E-state index is 4.29. The molecule has 0 aliphatic rings. The van der Waals surface area contributed by atoms with Crippen LogP contribution in [0.4, 0.5) is 0 Å². The standard InChI is InChI=1S/C23H29N/c1-7-23(20-11-9-8-10-12-20)24-19(6)21-14-13-17(4)22(15-21)18(5)16(2)3/h8-15,23-24H,6-7H2,1-5H3. The lowest BCUT2D eigenvalue weighted by Gasteiger charge is -2.21. The van der Waals surface area contributed by atoms with Gasteiger partial charge in [-0.1, -0.05) is 61.5 Å². The Morgan fingerprint density at radius 3 is 2.29 bits per heavy atom. The number of nitrogens with one attached hydrogen (secondary N) is 1. The van der Waals surface area contributed by atoms with Gasteiger partial charge in [0.05, 0.1) is 6.04 Å². The summed E-state index contributed by atoms with van der Waals surface area (Å²) >= 11 is 0. The summed E-state index contributed by atoms with van der Waals surface area (Å²) in [6.07, 6.45) is 1.02. The summed E-state index contributed by atoms with van der Waals surface area (Å²) in [6, 6.07) is 17.5. The fourth-order valence-corrected chi connectivity index (χ4v) is 2.88. The second kappa shape index (κ2) is 8.01. The highest BCUT2D eigenvalue weighted by molar-refractivity contribution is 5.73. The molecule has 0 spiro atoms. The van der Waals surface area contributed by atoms with Crippen LogP contribution in [0, 0.1) is 6.92 Å². The molecule has 0 amide bonds. The Morgan fingerprint density at radius 2 is 1.71 bits per heavy atom. The largest absolute Gasteiger partial charge is 0.378 e. The van der Waals surface area contributed by atoms with E-state index < -0.39 is 0 Å². The van der Waals surface area contributed by atoms with Crippen molar-refractivity contribution in [2.75, 3.05) is 0 Å². The number of aryl methyl sites for hydroxylation is 1. The Bertz CT molecular complexity index is 734. The third kappa shape index (κ3) is 4.17. The maximum atomic E-state index is 4.29. The molecule has 0 aliphatic carbocycles. The molecule has 0 saturated heterocycles. The third-order valence-electron chi connectivity index (χ3n) is 4.70. The van der Waals surface area contributed by atoms with Crippen LogP contribution >= 0.6 is 0 Å². The van der Waals surface area contributed by atoms with Gasteiger partial charge in [0.25, 0.3) is 0 Å². The van der Waals surface area contributed by atoms with Crippen molar-refractivity contribution in [3.8, 4) is 0 Å². The number of benzene rings is 2. The molecule has 0 fully saturated rings. The molecule has 1 N–H and O–H groups in total. The first-order chi connectivity index (χ1) is 11.4. The van der Waals surface area contributed by atoms with Gasteiger partial charge in [-0.15, -0.1) is 0 Å². The molecule has 2 aromatic rings. The van der Waals surface area contributed by atoms with Gasteiger partial charge in [-0.3, -0.25) is 0 Å². The number of hydrogen-bond acceptors (Lipinski definition) is 1. The molecule has 0 aromatic heterocycles. The topological polar surface area (TPSA) is 12.0 Å². The molecule has 2 rings (SSSR count). The van der Waals surface area contributed by atoms with Gasteiger partial charge in [-0.25, -0.2) is 0 Å². The van der Waals surface area contributed by atoms with Crippen molar-refractivity contribution in [3.05, 3.63) is 82.9 Å². The highest BCUT2D eigenvalue weighted by Gasteiger charge is 2.11. The van der Waals surface area contributed by atoms with Gasteiger partial charge in [0, 0.05) is 5.70 Å². The second-order valence-electron chi connectivity index (χ2n) is 6.65.